The summed E-state index contributed by atoms with van der Waals surface area (Å²) in [5.74, 6) is 1.80. The summed E-state index contributed by atoms with van der Waals surface area (Å²) < 4.78 is 5.88. The van der Waals surface area contributed by atoms with Crippen molar-refractivity contribution in [3.05, 3.63) is 36.7 Å². The third-order valence-corrected chi connectivity index (χ3v) is 5.93. The van der Waals surface area contributed by atoms with Crippen molar-refractivity contribution in [3.63, 3.8) is 0 Å². The average Bonchev–Trinajstić information content (AvgIpc) is 3.16. The molecule has 0 aromatic carbocycles. The van der Waals surface area contributed by atoms with Gasteiger partial charge in [0.2, 0.25) is 5.91 Å². The van der Waals surface area contributed by atoms with E-state index in [0.29, 0.717) is 6.61 Å². The van der Waals surface area contributed by atoms with E-state index in [0.717, 1.165) is 53.5 Å². The van der Waals surface area contributed by atoms with E-state index in [-0.39, 0.29) is 18.0 Å². The van der Waals surface area contributed by atoms with Crippen LogP contribution in [0.1, 0.15) is 20.8 Å². The molecule has 32 heavy (non-hydrogen) atoms. The highest BCUT2D eigenvalue weighted by molar-refractivity contribution is 5.93. The van der Waals surface area contributed by atoms with Crippen LogP contribution in [0, 0.1) is 0 Å². The van der Waals surface area contributed by atoms with Gasteiger partial charge in [0, 0.05) is 55.8 Å². The van der Waals surface area contributed by atoms with Gasteiger partial charge < -0.3 is 24.4 Å². The lowest BCUT2D eigenvalue weighted by atomic mass is 10.1. The predicted molar refractivity (Wildman–Crippen MR) is 127 cm³/mol. The zero-order valence-corrected chi connectivity index (χ0v) is 19.5. The number of hydrogen-bond acceptors (Lipinski definition) is 6. The molecule has 170 valence electrons. The average molecular weight is 437 g/mol. The Morgan fingerprint density at radius 2 is 2.00 bits per heavy atom. The molecule has 4 rings (SSSR count). The first-order valence-corrected chi connectivity index (χ1v) is 11.1. The quantitative estimate of drug-likeness (QED) is 0.640. The molecule has 0 bridgehead atoms. The second-order valence-corrected chi connectivity index (χ2v) is 8.83. The first-order chi connectivity index (χ1) is 15.3. The molecule has 3 aromatic heterocycles. The minimum atomic E-state index is 0.126. The number of pyridine rings is 2. The number of nitrogens with one attached hydrogen (secondary N) is 1. The third-order valence-electron chi connectivity index (χ3n) is 5.93. The van der Waals surface area contributed by atoms with Gasteiger partial charge in [-0.3, -0.25) is 4.79 Å². The van der Waals surface area contributed by atoms with Gasteiger partial charge in [-0.15, -0.1) is 0 Å². The number of ether oxygens (including phenoxy) is 1. The summed E-state index contributed by atoms with van der Waals surface area (Å²) in [7, 11) is 4.05. The van der Waals surface area contributed by atoms with E-state index in [9.17, 15) is 4.79 Å². The lowest BCUT2D eigenvalue weighted by molar-refractivity contribution is -0.133. The number of aromatic nitrogens is 3. The lowest BCUT2D eigenvalue weighted by Gasteiger charge is -2.44. The monoisotopic (exact) mass is 436 g/mol. The Balaban J connectivity index is 1.59. The van der Waals surface area contributed by atoms with E-state index in [4.69, 9.17) is 9.72 Å². The lowest BCUT2D eigenvalue weighted by Crippen LogP contribution is -2.58. The molecule has 1 N–H and O–H groups in total. The number of anilines is 1. The maximum Gasteiger partial charge on any atom is 0.220 e. The standard InChI is InChI=1S/C24H32N6O2/c1-16-14-29(15-17(2)30(16)18(3)31)23-8-6-7-22(27-23)21-13-26-24-20(21)11-19(12-25-24)32-10-9-28(4)5/h6-8,11-13,16-17H,9-10,14-15H2,1-5H3,(H,25,26)/t16-,17+. The van der Waals surface area contributed by atoms with Crippen LogP contribution in [-0.2, 0) is 4.79 Å². The number of likely N-dealkylation sites (N-methyl/N-ethyl adjacent to an activating group) is 1. The number of piperazine rings is 1. The Bertz CT molecular complexity index is 1080. The minimum Gasteiger partial charge on any atom is -0.491 e. The first kappa shape index (κ1) is 22.1. The molecule has 0 spiro atoms. The highest BCUT2D eigenvalue weighted by Crippen LogP contribution is 2.31. The second kappa shape index (κ2) is 9.16. The van der Waals surface area contributed by atoms with Gasteiger partial charge in [0.1, 0.15) is 23.8 Å². The van der Waals surface area contributed by atoms with Gasteiger partial charge in [0.15, 0.2) is 0 Å². The van der Waals surface area contributed by atoms with E-state index in [1.54, 1.807) is 13.1 Å². The first-order valence-electron chi connectivity index (χ1n) is 11.1. The van der Waals surface area contributed by atoms with Crippen LogP contribution in [0.25, 0.3) is 22.3 Å². The molecule has 8 heteroatoms. The Labute approximate surface area is 189 Å². The fourth-order valence-electron chi connectivity index (χ4n) is 4.50. The molecule has 3 aromatic rings. The van der Waals surface area contributed by atoms with Crippen LogP contribution >= 0.6 is 0 Å². The normalized spacial score (nSPS) is 19.1. The number of rotatable bonds is 6. The molecule has 1 amide bonds. The van der Waals surface area contributed by atoms with Crippen molar-refractivity contribution in [2.45, 2.75) is 32.9 Å². The second-order valence-electron chi connectivity index (χ2n) is 8.83. The summed E-state index contributed by atoms with van der Waals surface area (Å²) in [6.45, 7) is 8.81. The molecular formula is C24H32N6O2. The number of carbonyl (C=O) groups is 1. The van der Waals surface area contributed by atoms with Crippen molar-refractivity contribution in [3.8, 4) is 17.0 Å². The van der Waals surface area contributed by atoms with Gasteiger partial charge in [-0.1, -0.05) is 6.07 Å². The molecular weight excluding hydrogens is 404 g/mol. The molecule has 1 aliphatic rings. The molecule has 1 saturated heterocycles. The van der Waals surface area contributed by atoms with Crippen molar-refractivity contribution >= 4 is 22.8 Å². The highest BCUT2D eigenvalue weighted by Gasteiger charge is 2.31. The molecule has 4 heterocycles. The van der Waals surface area contributed by atoms with Gasteiger partial charge in [-0.25, -0.2) is 9.97 Å². The fraction of sp³-hybridized carbons (Fsp3) is 0.458. The van der Waals surface area contributed by atoms with Crippen LogP contribution < -0.4 is 9.64 Å². The highest BCUT2D eigenvalue weighted by atomic mass is 16.5. The van der Waals surface area contributed by atoms with Gasteiger partial charge in [-0.05, 0) is 46.1 Å². The molecule has 8 nitrogen and oxygen atoms in total. The van der Waals surface area contributed by atoms with Crippen LogP contribution in [-0.4, -0.2) is 83.1 Å². The Hall–Kier alpha value is -3.13. The molecule has 2 atom stereocenters. The number of hydrogen-bond donors (Lipinski definition) is 1. The van der Waals surface area contributed by atoms with Crippen molar-refractivity contribution in [1.29, 1.82) is 0 Å². The maximum atomic E-state index is 12.0. The van der Waals surface area contributed by atoms with Crippen molar-refractivity contribution < 1.29 is 9.53 Å². The summed E-state index contributed by atoms with van der Waals surface area (Å²) in [5.41, 5.74) is 2.69. The van der Waals surface area contributed by atoms with Gasteiger partial charge in [0.25, 0.3) is 0 Å². The largest absolute Gasteiger partial charge is 0.491 e. The Morgan fingerprint density at radius 3 is 2.69 bits per heavy atom. The number of aromatic amines is 1. The van der Waals surface area contributed by atoms with Crippen LogP contribution in [0.3, 0.4) is 0 Å². The summed E-state index contributed by atoms with van der Waals surface area (Å²) in [5, 5.41) is 0.986. The van der Waals surface area contributed by atoms with Crippen LogP contribution in [0.2, 0.25) is 0 Å². The third kappa shape index (κ3) is 4.55. The Morgan fingerprint density at radius 1 is 1.25 bits per heavy atom. The molecule has 0 unspecified atom stereocenters. The van der Waals surface area contributed by atoms with Crippen LogP contribution in [0.15, 0.2) is 36.7 Å². The van der Waals surface area contributed by atoms with E-state index in [1.807, 2.05) is 49.5 Å². The van der Waals surface area contributed by atoms with Gasteiger partial charge in [-0.2, -0.15) is 0 Å². The number of fused-ring (bicyclic) bond motifs is 1. The minimum absolute atomic E-state index is 0.126. The fourth-order valence-corrected chi connectivity index (χ4v) is 4.50. The summed E-state index contributed by atoms with van der Waals surface area (Å²) in [6, 6.07) is 8.39. The summed E-state index contributed by atoms with van der Waals surface area (Å²) in [4.78, 5) is 31.0. The van der Waals surface area contributed by atoms with E-state index >= 15 is 0 Å². The SMILES string of the molecule is CC(=O)N1[C@H](C)CN(c2cccc(-c3c[nH]c4ncc(OCCN(C)C)cc34)n2)C[C@@H]1C. The summed E-state index contributed by atoms with van der Waals surface area (Å²) >= 11 is 0. The van der Waals surface area contributed by atoms with E-state index < -0.39 is 0 Å². The van der Waals surface area contributed by atoms with Crippen molar-refractivity contribution in [1.82, 2.24) is 24.8 Å². The Kier molecular flexibility index (Phi) is 6.32. The zero-order valence-electron chi connectivity index (χ0n) is 19.5. The van der Waals surface area contributed by atoms with Crippen LogP contribution in [0.5, 0.6) is 5.75 Å². The molecule has 0 radical (unpaired) electrons. The molecule has 0 aliphatic carbocycles. The number of H-pyrrole nitrogens is 1. The zero-order chi connectivity index (χ0) is 22.8. The van der Waals surface area contributed by atoms with Gasteiger partial charge in [0.05, 0.1) is 11.9 Å². The number of carbonyl (C=O) groups excluding carboxylic acids is 1. The number of amides is 1. The van der Waals surface area contributed by atoms with Crippen molar-refractivity contribution in [2.24, 2.45) is 0 Å². The predicted octanol–water partition coefficient (Wildman–Crippen LogP) is 3.01. The smallest absolute Gasteiger partial charge is 0.220 e. The topological polar surface area (TPSA) is 77.6 Å². The van der Waals surface area contributed by atoms with Gasteiger partial charge >= 0.3 is 0 Å². The number of nitrogens with zero attached hydrogens (tertiary/aromatic N) is 5. The molecule has 1 aliphatic heterocycles. The van der Waals surface area contributed by atoms with Crippen LogP contribution in [0.4, 0.5) is 5.82 Å². The molecule has 1 fully saturated rings. The maximum absolute atomic E-state index is 12.0. The van der Waals surface area contributed by atoms with Crippen molar-refractivity contribution in [2.75, 3.05) is 45.2 Å². The van der Waals surface area contributed by atoms with E-state index in [1.165, 1.54) is 0 Å². The molecule has 0 saturated carbocycles. The van der Waals surface area contributed by atoms with E-state index in [2.05, 4.69) is 33.6 Å². The summed E-state index contributed by atoms with van der Waals surface area (Å²) in [6.07, 6.45) is 3.70.